The molecule has 0 radical (unpaired) electrons. The van der Waals surface area contributed by atoms with E-state index in [9.17, 15) is 4.79 Å². The standard InChI is InChI=1S/C16H25N3O/c1-3-13-5-7-14(8-6-13)18-16(20)12-19(4-2)15-9-10-17-11-15/h5-8,15,17H,3-4,9-12H2,1-2H3,(H,18,20). The third-order valence-corrected chi connectivity index (χ3v) is 3.95. The summed E-state index contributed by atoms with van der Waals surface area (Å²) in [6, 6.07) is 8.57. The fourth-order valence-electron chi connectivity index (χ4n) is 2.66. The maximum absolute atomic E-state index is 12.1. The summed E-state index contributed by atoms with van der Waals surface area (Å²) in [5.74, 6) is 0.0722. The normalized spacial score (nSPS) is 18.4. The van der Waals surface area contributed by atoms with Gasteiger partial charge in [0.15, 0.2) is 0 Å². The molecular formula is C16H25N3O. The van der Waals surface area contributed by atoms with Crippen LogP contribution in [-0.4, -0.2) is 43.0 Å². The molecule has 1 aromatic rings. The Hall–Kier alpha value is -1.39. The van der Waals surface area contributed by atoms with E-state index < -0.39 is 0 Å². The summed E-state index contributed by atoms with van der Waals surface area (Å²) < 4.78 is 0. The first-order valence-electron chi connectivity index (χ1n) is 7.56. The zero-order valence-corrected chi connectivity index (χ0v) is 12.5. The minimum absolute atomic E-state index is 0.0722. The third kappa shape index (κ3) is 4.05. The van der Waals surface area contributed by atoms with Gasteiger partial charge in [0.1, 0.15) is 0 Å². The van der Waals surface area contributed by atoms with Crippen LogP contribution < -0.4 is 10.6 Å². The first-order chi connectivity index (χ1) is 9.72. The minimum atomic E-state index is 0.0722. The molecule has 4 heteroatoms. The van der Waals surface area contributed by atoms with E-state index >= 15 is 0 Å². The smallest absolute Gasteiger partial charge is 0.238 e. The van der Waals surface area contributed by atoms with Crippen LogP contribution in [0.25, 0.3) is 0 Å². The number of rotatable bonds is 6. The highest BCUT2D eigenvalue weighted by molar-refractivity contribution is 5.92. The molecule has 1 heterocycles. The van der Waals surface area contributed by atoms with Crippen molar-refractivity contribution in [3.05, 3.63) is 29.8 Å². The first-order valence-corrected chi connectivity index (χ1v) is 7.56. The number of amides is 1. The molecule has 0 aromatic heterocycles. The number of aryl methyl sites for hydroxylation is 1. The van der Waals surface area contributed by atoms with Crippen molar-refractivity contribution in [3.8, 4) is 0 Å². The summed E-state index contributed by atoms with van der Waals surface area (Å²) in [6.45, 7) is 7.67. The van der Waals surface area contributed by atoms with Gasteiger partial charge in [0.2, 0.25) is 5.91 Å². The Morgan fingerprint density at radius 3 is 2.65 bits per heavy atom. The molecular weight excluding hydrogens is 250 g/mol. The Balaban J connectivity index is 1.86. The summed E-state index contributed by atoms with van der Waals surface area (Å²) in [5.41, 5.74) is 2.17. The summed E-state index contributed by atoms with van der Waals surface area (Å²) in [7, 11) is 0. The van der Waals surface area contributed by atoms with Gasteiger partial charge in [0.25, 0.3) is 0 Å². The van der Waals surface area contributed by atoms with Crippen LogP contribution in [0.15, 0.2) is 24.3 Å². The van der Waals surface area contributed by atoms with Crippen molar-refractivity contribution >= 4 is 11.6 Å². The molecule has 1 fully saturated rings. The van der Waals surface area contributed by atoms with E-state index in [-0.39, 0.29) is 5.91 Å². The minimum Gasteiger partial charge on any atom is -0.325 e. The Morgan fingerprint density at radius 2 is 2.10 bits per heavy atom. The van der Waals surface area contributed by atoms with Gasteiger partial charge in [0, 0.05) is 18.3 Å². The van der Waals surface area contributed by atoms with Gasteiger partial charge >= 0.3 is 0 Å². The fourth-order valence-corrected chi connectivity index (χ4v) is 2.66. The topological polar surface area (TPSA) is 44.4 Å². The van der Waals surface area contributed by atoms with Crippen LogP contribution in [0.1, 0.15) is 25.8 Å². The Morgan fingerprint density at radius 1 is 1.35 bits per heavy atom. The van der Waals surface area contributed by atoms with E-state index in [1.807, 2.05) is 12.1 Å². The van der Waals surface area contributed by atoms with Gasteiger partial charge in [-0.3, -0.25) is 9.69 Å². The van der Waals surface area contributed by atoms with Gasteiger partial charge in [-0.25, -0.2) is 0 Å². The van der Waals surface area contributed by atoms with Crippen molar-refractivity contribution in [1.29, 1.82) is 0 Å². The average Bonchev–Trinajstić information content (AvgIpc) is 2.99. The van der Waals surface area contributed by atoms with Gasteiger partial charge in [-0.15, -0.1) is 0 Å². The van der Waals surface area contributed by atoms with Crippen LogP contribution in [0.2, 0.25) is 0 Å². The van der Waals surface area contributed by atoms with Crippen LogP contribution in [0.3, 0.4) is 0 Å². The number of anilines is 1. The zero-order chi connectivity index (χ0) is 14.4. The molecule has 1 amide bonds. The van der Waals surface area contributed by atoms with Gasteiger partial charge in [-0.1, -0.05) is 26.0 Å². The molecule has 0 saturated carbocycles. The quantitative estimate of drug-likeness (QED) is 0.833. The number of nitrogens with zero attached hydrogens (tertiary/aromatic N) is 1. The van der Waals surface area contributed by atoms with Crippen LogP contribution >= 0.6 is 0 Å². The van der Waals surface area contributed by atoms with E-state index in [0.29, 0.717) is 12.6 Å². The molecule has 0 bridgehead atoms. The summed E-state index contributed by atoms with van der Waals surface area (Å²) in [6.07, 6.45) is 2.15. The lowest BCUT2D eigenvalue weighted by molar-refractivity contribution is -0.117. The summed E-state index contributed by atoms with van der Waals surface area (Å²) in [4.78, 5) is 14.4. The number of benzene rings is 1. The molecule has 1 aliphatic heterocycles. The van der Waals surface area contributed by atoms with Crippen LogP contribution in [-0.2, 0) is 11.2 Å². The van der Waals surface area contributed by atoms with Crippen molar-refractivity contribution in [1.82, 2.24) is 10.2 Å². The average molecular weight is 275 g/mol. The molecule has 4 nitrogen and oxygen atoms in total. The maximum atomic E-state index is 12.1. The molecule has 1 unspecified atom stereocenters. The van der Waals surface area contributed by atoms with Crippen molar-refractivity contribution in [2.75, 3.05) is 31.5 Å². The predicted octanol–water partition coefficient (Wildman–Crippen LogP) is 1.87. The van der Waals surface area contributed by atoms with Crippen molar-refractivity contribution in [3.63, 3.8) is 0 Å². The molecule has 2 rings (SSSR count). The molecule has 2 N–H and O–H groups in total. The van der Waals surface area contributed by atoms with Gasteiger partial charge in [0.05, 0.1) is 6.54 Å². The number of hydrogen-bond donors (Lipinski definition) is 2. The molecule has 1 aromatic carbocycles. The van der Waals surface area contributed by atoms with Crippen molar-refractivity contribution in [2.24, 2.45) is 0 Å². The molecule has 1 aliphatic rings. The van der Waals surface area contributed by atoms with Gasteiger partial charge < -0.3 is 10.6 Å². The second-order valence-corrected chi connectivity index (χ2v) is 5.31. The number of likely N-dealkylation sites (N-methyl/N-ethyl adjacent to an activating group) is 1. The highest BCUT2D eigenvalue weighted by atomic mass is 16.2. The number of carbonyl (C=O) groups is 1. The molecule has 0 aliphatic carbocycles. The molecule has 0 spiro atoms. The van der Waals surface area contributed by atoms with Crippen LogP contribution in [0.5, 0.6) is 0 Å². The largest absolute Gasteiger partial charge is 0.325 e. The highest BCUT2D eigenvalue weighted by Crippen LogP contribution is 2.11. The van der Waals surface area contributed by atoms with E-state index in [4.69, 9.17) is 0 Å². The highest BCUT2D eigenvalue weighted by Gasteiger charge is 2.22. The third-order valence-electron chi connectivity index (χ3n) is 3.95. The Kier molecular flexibility index (Phi) is 5.56. The van der Waals surface area contributed by atoms with Crippen molar-refractivity contribution in [2.45, 2.75) is 32.7 Å². The zero-order valence-electron chi connectivity index (χ0n) is 12.5. The van der Waals surface area contributed by atoms with Crippen LogP contribution in [0.4, 0.5) is 5.69 Å². The van der Waals surface area contributed by atoms with E-state index in [1.165, 1.54) is 5.56 Å². The fraction of sp³-hybridized carbons (Fsp3) is 0.562. The number of nitrogens with one attached hydrogen (secondary N) is 2. The number of carbonyl (C=O) groups excluding carboxylic acids is 1. The lowest BCUT2D eigenvalue weighted by Gasteiger charge is -2.26. The number of hydrogen-bond acceptors (Lipinski definition) is 3. The lowest BCUT2D eigenvalue weighted by Crippen LogP contribution is -2.41. The molecule has 1 saturated heterocycles. The lowest BCUT2D eigenvalue weighted by atomic mass is 10.1. The summed E-state index contributed by atoms with van der Waals surface area (Å²) >= 11 is 0. The molecule has 1 atom stereocenters. The predicted molar refractivity (Wildman–Crippen MR) is 83.0 cm³/mol. The van der Waals surface area contributed by atoms with E-state index in [0.717, 1.165) is 38.2 Å². The van der Waals surface area contributed by atoms with Gasteiger partial charge in [-0.2, -0.15) is 0 Å². The second-order valence-electron chi connectivity index (χ2n) is 5.31. The van der Waals surface area contributed by atoms with Crippen molar-refractivity contribution < 1.29 is 4.79 Å². The molecule has 110 valence electrons. The van der Waals surface area contributed by atoms with Gasteiger partial charge in [-0.05, 0) is 43.6 Å². The molecule has 20 heavy (non-hydrogen) atoms. The second kappa shape index (κ2) is 7.41. The Bertz CT molecular complexity index is 424. The van der Waals surface area contributed by atoms with Crippen LogP contribution in [0, 0.1) is 0 Å². The van der Waals surface area contributed by atoms with E-state index in [2.05, 4.69) is 41.5 Å². The maximum Gasteiger partial charge on any atom is 0.238 e. The first kappa shape index (κ1) is 15.0. The Labute approximate surface area is 121 Å². The SMILES string of the molecule is CCc1ccc(NC(=O)CN(CC)C2CCNC2)cc1. The monoisotopic (exact) mass is 275 g/mol. The van der Waals surface area contributed by atoms with E-state index in [1.54, 1.807) is 0 Å². The summed E-state index contributed by atoms with van der Waals surface area (Å²) in [5, 5.41) is 6.33.